The fourth-order valence-corrected chi connectivity index (χ4v) is 4.65. The molecule has 1 saturated heterocycles. The van der Waals surface area contributed by atoms with E-state index in [2.05, 4.69) is 15.0 Å². The van der Waals surface area contributed by atoms with E-state index in [0.29, 0.717) is 59.6 Å². The van der Waals surface area contributed by atoms with Crippen LogP contribution in [0.15, 0.2) is 55.0 Å². The molecule has 0 atom stereocenters. The van der Waals surface area contributed by atoms with E-state index in [1.807, 2.05) is 23.7 Å². The van der Waals surface area contributed by atoms with Gasteiger partial charge in [0, 0.05) is 30.0 Å². The number of ether oxygens (including phenoxy) is 3. The van der Waals surface area contributed by atoms with Crippen LogP contribution in [0.25, 0.3) is 22.3 Å². The normalized spacial score (nSPS) is 13.6. The molecular formula is C25H21FN6O3S. The number of fused-ring (bicyclic) bond motifs is 1. The summed E-state index contributed by atoms with van der Waals surface area (Å²) in [5, 5.41) is 6.42. The molecule has 0 aliphatic carbocycles. The zero-order valence-corrected chi connectivity index (χ0v) is 20.0. The first kappa shape index (κ1) is 22.4. The minimum absolute atomic E-state index is 0.114. The fourth-order valence-electron chi connectivity index (χ4n) is 3.94. The Morgan fingerprint density at radius 2 is 1.89 bits per heavy atom. The van der Waals surface area contributed by atoms with Crippen molar-refractivity contribution in [2.24, 2.45) is 0 Å². The van der Waals surface area contributed by atoms with Crippen LogP contribution in [0.1, 0.15) is 15.9 Å². The van der Waals surface area contributed by atoms with Gasteiger partial charge in [0.1, 0.15) is 53.6 Å². The maximum atomic E-state index is 14.2. The Hall–Kier alpha value is -4.09. The third-order valence-corrected chi connectivity index (χ3v) is 6.63. The molecule has 0 saturated carbocycles. The highest BCUT2D eigenvalue weighted by Gasteiger charge is 2.27. The molecule has 0 unspecified atom stereocenters. The van der Waals surface area contributed by atoms with Gasteiger partial charge in [0.25, 0.3) is 0 Å². The summed E-state index contributed by atoms with van der Waals surface area (Å²) in [5.41, 5.74) is 8.36. The molecule has 0 amide bonds. The van der Waals surface area contributed by atoms with Crippen molar-refractivity contribution in [1.29, 1.82) is 0 Å². The monoisotopic (exact) mass is 504 g/mol. The minimum Gasteiger partial charge on any atom is -0.488 e. The lowest BCUT2D eigenvalue weighted by Gasteiger charge is -2.26. The van der Waals surface area contributed by atoms with Crippen LogP contribution in [0.4, 0.5) is 10.2 Å². The number of anilines is 1. The summed E-state index contributed by atoms with van der Waals surface area (Å²) in [7, 11) is 0. The number of aryl methyl sites for hydroxylation is 1. The van der Waals surface area contributed by atoms with Gasteiger partial charge < -0.3 is 19.9 Å². The summed E-state index contributed by atoms with van der Waals surface area (Å²) in [6.45, 7) is 3.39. The highest BCUT2D eigenvalue weighted by atomic mass is 32.1. The molecule has 6 rings (SSSR count). The van der Waals surface area contributed by atoms with E-state index in [0.717, 1.165) is 15.4 Å². The second-order valence-electron chi connectivity index (χ2n) is 8.33. The van der Waals surface area contributed by atoms with Crippen molar-refractivity contribution in [3.63, 3.8) is 0 Å². The Bertz CT molecular complexity index is 1550. The number of nitrogens with two attached hydrogens (primary N) is 1. The molecule has 2 aromatic carbocycles. The highest BCUT2D eigenvalue weighted by molar-refractivity contribution is 7.11. The van der Waals surface area contributed by atoms with Gasteiger partial charge in [-0.25, -0.2) is 24.0 Å². The lowest BCUT2D eigenvalue weighted by Crippen LogP contribution is -2.31. The number of benzene rings is 2. The summed E-state index contributed by atoms with van der Waals surface area (Å²) in [5.74, 6) is 1.15. The summed E-state index contributed by atoms with van der Waals surface area (Å²) >= 11 is 1.54. The SMILES string of the molecule is Cc1ncc(COc2cc(F)cc(Oc3ccc(-c4nn(C5COC5)c5ncnc(N)c45)cc3)c2)s1. The zero-order valence-electron chi connectivity index (χ0n) is 19.2. The highest BCUT2D eigenvalue weighted by Crippen LogP contribution is 2.35. The Morgan fingerprint density at radius 1 is 1.08 bits per heavy atom. The first-order valence-corrected chi connectivity index (χ1v) is 12.0. The smallest absolute Gasteiger partial charge is 0.164 e. The van der Waals surface area contributed by atoms with Crippen LogP contribution < -0.4 is 15.2 Å². The van der Waals surface area contributed by atoms with Gasteiger partial charge >= 0.3 is 0 Å². The van der Waals surface area contributed by atoms with Crippen molar-refractivity contribution in [1.82, 2.24) is 24.7 Å². The molecular weight excluding hydrogens is 483 g/mol. The zero-order chi connectivity index (χ0) is 24.6. The second kappa shape index (κ2) is 9.17. The lowest BCUT2D eigenvalue weighted by molar-refractivity contribution is -0.0268. The second-order valence-corrected chi connectivity index (χ2v) is 9.64. The topological polar surface area (TPSA) is 110 Å². The molecule has 3 aromatic heterocycles. The van der Waals surface area contributed by atoms with Crippen LogP contribution in [-0.2, 0) is 11.3 Å². The Morgan fingerprint density at radius 3 is 2.61 bits per heavy atom. The van der Waals surface area contributed by atoms with E-state index in [4.69, 9.17) is 25.0 Å². The first-order valence-electron chi connectivity index (χ1n) is 11.2. The number of rotatable bonds is 7. The molecule has 2 N–H and O–H groups in total. The van der Waals surface area contributed by atoms with E-state index in [1.54, 1.807) is 24.4 Å². The van der Waals surface area contributed by atoms with Crippen molar-refractivity contribution >= 4 is 28.2 Å². The van der Waals surface area contributed by atoms with Gasteiger partial charge in [0.05, 0.1) is 28.5 Å². The predicted octanol–water partition coefficient (Wildman–Crippen LogP) is 4.92. The van der Waals surface area contributed by atoms with Crippen LogP contribution in [0.5, 0.6) is 17.2 Å². The quantitative estimate of drug-likeness (QED) is 0.333. The van der Waals surface area contributed by atoms with Gasteiger partial charge in [0.15, 0.2) is 5.65 Å². The summed E-state index contributed by atoms with van der Waals surface area (Å²) < 4.78 is 33.0. The third-order valence-electron chi connectivity index (χ3n) is 5.74. The molecule has 0 spiro atoms. The Balaban J connectivity index is 1.23. The van der Waals surface area contributed by atoms with E-state index in [9.17, 15) is 4.39 Å². The van der Waals surface area contributed by atoms with Crippen LogP contribution in [-0.4, -0.2) is 37.9 Å². The molecule has 9 nitrogen and oxygen atoms in total. The van der Waals surface area contributed by atoms with Crippen molar-refractivity contribution < 1.29 is 18.6 Å². The number of thiazole rings is 1. The van der Waals surface area contributed by atoms with Crippen molar-refractivity contribution in [3.8, 4) is 28.5 Å². The van der Waals surface area contributed by atoms with Crippen molar-refractivity contribution in [2.75, 3.05) is 18.9 Å². The van der Waals surface area contributed by atoms with E-state index < -0.39 is 5.82 Å². The molecule has 11 heteroatoms. The van der Waals surface area contributed by atoms with E-state index >= 15 is 0 Å². The number of halogens is 1. The maximum Gasteiger partial charge on any atom is 0.164 e. The average molecular weight is 505 g/mol. The van der Waals surface area contributed by atoms with Crippen LogP contribution in [0.2, 0.25) is 0 Å². The van der Waals surface area contributed by atoms with E-state index in [-0.39, 0.29) is 6.04 Å². The maximum absolute atomic E-state index is 14.2. The van der Waals surface area contributed by atoms with Gasteiger partial charge in [-0.15, -0.1) is 11.3 Å². The third kappa shape index (κ3) is 4.34. The Kier molecular flexibility index (Phi) is 5.70. The van der Waals surface area contributed by atoms with Crippen LogP contribution in [0.3, 0.4) is 0 Å². The fraction of sp³-hybridized carbons (Fsp3) is 0.200. The number of hydrogen-bond acceptors (Lipinski definition) is 9. The van der Waals surface area contributed by atoms with Gasteiger partial charge in [-0.1, -0.05) is 0 Å². The molecule has 1 aliphatic heterocycles. The molecule has 36 heavy (non-hydrogen) atoms. The first-order chi connectivity index (χ1) is 17.5. The number of nitrogen functional groups attached to an aromatic ring is 1. The molecule has 4 heterocycles. The van der Waals surface area contributed by atoms with Gasteiger partial charge in [-0.05, 0) is 31.2 Å². The van der Waals surface area contributed by atoms with Gasteiger partial charge in [0.2, 0.25) is 0 Å². The summed E-state index contributed by atoms with van der Waals surface area (Å²) in [4.78, 5) is 13.7. The van der Waals surface area contributed by atoms with Gasteiger partial charge in [-0.3, -0.25) is 0 Å². The lowest BCUT2D eigenvalue weighted by atomic mass is 10.1. The number of hydrogen-bond donors (Lipinski definition) is 1. The molecule has 182 valence electrons. The standard InChI is InChI=1S/C25H21FN6O3S/c1-14-28-9-21(36-14)12-34-19-6-16(26)7-20(8-19)35-18-4-2-15(3-5-18)23-22-24(27)29-13-30-25(22)32(31-23)17-10-33-11-17/h2-9,13,17H,10-12H2,1H3,(H2,27,29,30). The largest absolute Gasteiger partial charge is 0.488 e. The molecule has 5 aromatic rings. The molecule has 1 fully saturated rings. The average Bonchev–Trinajstić information content (AvgIpc) is 3.41. The summed E-state index contributed by atoms with van der Waals surface area (Å²) in [6, 6.07) is 11.7. The van der Waals surface area contributed by atoms with Crippen LogP contribution in [0, 0.1) is 12.7 Å². The van der Waals surface area contributed by atoms with Crippen molar-refractivity contribution in [3.05, 3.63) is 70.7 Å². The minimum atomic E-state index is -0.452. The predicted molar refractivity (Wildman–Crippen MR) is 133 cm³/mol. The number of nitrogens with zero attached hydrogens (tertiary/aromatic N) is 5. The van der Waals surface area contributed by atoms with Crippen molar-refractivity contribution in [2.45, 2.75) is 19.6 Å². The Labute approximate surface area is 209 Å². The summed E-state index contributed by atoms with van der Waals surface area (Å²) in [6.07, 6.45) is 3.19. The van der Waals surface area contributed by atoms with Gasteiger partial charge in [-0.2, -0.15) is 5.10 Å². The number of aromatic nitrogens is 5. The molecule has 1 aliphatic rings. The van der Waals surface area contributed by atoms with Crippen LogP contribution >= 0.6 is 11.3 Å². The van der Waals surface area contributed by atoms with E-state index in [1.165, 1.54) is 29.8 Å². The molecule has 0 bridgehead atoms. The molecule has 0 radical (unpaired) electrons.